The zero-order chi connectivity index (χ0) is 13.5. The molecule has 1 aromatic heterocycles. The molecule has 1 aliphatic rings. The number of fused-ring (bicyclic) bond motifs is 1. The quantitative estimate of drug-likeness (QED) is 0.786. The van der Waals surface area contributed by atoms with Crippen LogP contribution in [0, 0.1) is 0 Å². The summed E-state index contributed by atoms with van der Waals surface area (Å²) in [6, 6.07) is 17.4. The molecule has 0 saturated heterocycles. The van der Waals surface area contributed by atoms with Crippen molar-refractivity contribution < 1.29 is 0 Å². The summed E-state index contributed by atoms with van der Waals surface area (Å²) in [5.74, 6) is 1.07. The lowest BCUT2D eigenvalue weighted by molar-refractivity contribution is 0.775. The molecule has 3 heteroatoms. The summed E-state index contributed by atoms with van der Waals surface area (Å²) in [5.41, 5.74) is 10.4. The standard InChI is InChI=1S/C17H17N3/c18-11-12-4-3-5-13(10-12)17-19-15-6-1-2-7-16(15)20(17)14-8-9-14/h1-7,10,14H,8-9,11,18H2. The predicted octanol–water partition coefficient (Wildman–Crippen LogP) is 3.50. The van der Waals surface area contributed by atoms with Gasteiger partial charge in [-0.25, -0.2) is 4.98 Å². The average molecular weight is 263 g/mol. The Kier molecular flexibility index (Phi) is 2.60. The Labute approximate surface area is 118 Å². The van der Waals surface area contributed by atoms with Crippen LogP contribution < -0.4 is 5.73 Å². The van der Waals surface area contributed by atoms with Gasteiger partial charge in [-0.2, -0.15) is 0 Å². The number of nitrogens with two attached hydrogens (primary N) is 1. The van der Waals surface area contributed by atoms with Crippen molar-refractivity contribution in [1.82, 2.24) is 9.55 Å². The number of rotatable bonds is 3. The molecular formula is C17H17N3. The molecule has 0 aliphatic heterocycles. The largest absolute Gasteiger partial charge is 0.326 e. The molecular weight excluding hydrogens is 246 g/mol. The maximum atomic E-state index is 5.75. The molecule has 0 atom stereocenters. The molecule has 2 aromatic carbocycles. The Morgan fingerprint density at radius 3 is 2.75 bits per heavy atom. The summed E-state index contributed by atoms with van der Waals surface area (Å²) >= 11 is 0. The summed E-state index contributed by atoms with van der Waals surface area (Å²) < 4.78 is 2.39. The second kappa shape index (κ2) is 4.46. The topological polar surface area (TPSA) is 43.8 Å². The van der Waals surface area contributed by atoms with Crippen molar-refractivity contribution in [1.29, 1.82) is 0 Å². The monoisotopic (exact) mass is 263 g/mol. The first-order valence-electron chi connectivity index (χ1n) is 7.13. The minimum absolute atomic E-state index is 0.567. The van der Waals surface area contributed by atoms with Crippen LogP contribution in [0.15, 0.2) is 48.5 Å². The smallest absolute Gasteiger partial charge is 0.141 e. The van der Waals surface area contributed by atoms with Crippen LogP contribution >= 0.6 is 0 Å². The normalized spacial score (nSPS) is 14.8. The number of imidazole rings is 1. The zero-order valence-corrected chi connectivity index (χ0v) is 11.3. The van der Waals surface area contributed by atoms with Crippen LogP contribution in [-0.2, 0) is 6.54 Å². The van der Waals surface area contributed by atoms with E-state index in [1.54, 1.807) is 0 Å². The molecule has 0 radical (unpaired) electrons. The number of hydrogen-bond acceptors (Lipinski definition) is 2. The van der Waals surface area contributed by atoms with Crippen LogP contribution in [0.1, 0.15) is 24.4 Å². The molecule has 0 spiro atoms. The van der Waals surface area contributed by atoms with E-state index in [1.165, 1.54) is 18.4 Å². The van der Waals surface area contributed by atoms with Gasteiger partial charge in [-0.15, -0.1) is 0 Å². The molecule has 1 fully saturated rings. The van der Waals surface area contributed by atoms with Gasteiger partial charge in [-0.1, -0.05) is 30.3 Å². The van der Waals surface area contributed by atoms with Crippen molar-refractivity contribution in [3.63, 3.8) is 0 Å². The fourth-order valence-electron chi connectivity index (χ4n) is 2.79. The van der Waals surface area contributed by atoms with E-state index in [0.29, 0.717) is 12.6 Å². The third-order valence-electron chi connectivity index (χ3n) is 3.93. The van der Waals surface area contributed by atoms with E-state index in [0.717, 1.165) is 22.5 Å². The Morgan fingerprint density at radius 2 is 1.95 bits per heavy atom. The van der Waals surface area contributed by atoms with Gasteiger partial charge in [0, 0.05) is 18.2 Å². The van der Waals surface area contributed by atoms with Crippen molar-refractivity contribution in [3.8, 4) is 11.4 Å². The molecule has 1 aliphatic carbocycles. The van der Waals surface area contributed by atoms with Gasteiger partial charge in [0.1, 0.15) is 5.82 Å². The molecule has 3 nitrogen and oxygen atoms in total. The first-order chi connectivity index (χ1) is 9.86. The van der Waals surface area contributed by atoms with Crippen LogP contribution in [0.3, 0.4) is 0 Å². The van der Waals surface area contributed by atoms with Gasteiger partial charge in [0.05, 0.1) is 11.0 Å². The minimum atomic E-state index is 0.567. The van der Waals surface area contributed by atoms with E-state index >= 15 is 0 Å². The second-order valence-corrected chi connectivity index (χ2v) is 5.43. The highest BCUT2D eigenvalue weighted by Gasteiger charge is 2.28. The summed E-state index contributed by atoms with van der Waals surface area (Å²) in [6.07, 6.45) is 2.51. The van der Waals surface area contributed by atoms with Gasteiger partial charge in [0.2, 0.25) is 0 Å². The number of para-hydroxylation sites is 2. The van der Waals surface area contributed by atoms with E-state index in [2.05, 4.69) is 47.0 Å². The maximum Gasteiger partial charge on any atom is 0.141 e. The second-order valence-electron chi connectivity index (χ2n) is 5.43. The number of benzene rings is 2. The van der Waals surface area contributed by atoms with Crippen LogP contribution in [0.5, 0.6) is 0 Å². The number of aromatic nitrogens is 2. The van der Waals surface area contributed by atoms with Crippen LogP contribution in [0.4, 0.5) is 0 Å². The van der Waals surface area contributed by atoms with E-state index in [4.69, 9.17) is 10.7 Å². The van der Waals surface area contributed by atoms with E-state index in [1.807, 2.05) is 6.07 Å². The molecule has 1 heterocycles. The Balaban J connectivity index is 1.96. The highest BCUT2D eigenvalue weighted by Crippen LogP contribution is 2.41. The lowest BCUT2D eigenvalue weighted by Gasteiger charge is -2.08. The van der Waals surface area contributed by atoms with Crippen LogP contribution in [0.25, 0.3) is 22.4 Å². The van der Waals surface area contributed by atoms with Crippen LogP contribution in [0.2, 0.25) is 0 Å². The van der Waals surface area contributed by atoms with Gasteiger partial charge in [-0.3, -0.25) is 0 Å². The average Bonchev–Trinajstić information content (AvgIpc) is 3.27. The zero-order valence-electron chi connectivity index (χ0n) is 11.3. The fraction of sp³-hybridized carbons (Fsp3) is 0.235. The van der Waals surface area contributed by atoms with Crippen molar-refractivity contribution in [2.45, 2.75) is 25.4 Å². The van der Waals surface area contributed by atoms with Crippen molar-refractivity contribution in [3.05, 3.63) is 54.1 Å². The summed E-state index contributed by atoms with van der Waals surface area (Å²) in [7, 11) is 0. The summed E-state index contributed by atoms with van der Waals surface area (Å²) in [5, 5.41) is 0. The first-order valence-corrected chi connectivity index (χ1v) is 7.13. The van der Waals surface area contributed by atoms with Gasteiger partial charge in [0.25, 0.3) is 0 Å². The molecule has 1 saturated carbocycles. The molecule has 0 amide bonds. The molecule has 2 N–H and O–H groups in total. The molecule has 0 bridgehead atoms. The Bertz CT molecular complexity index is 769. The third kappa shape index (κ3) is 1.82. The first kappa shape index (κ1) is 11.7. The van der Waals surface area contributed by atoms with Crippen molar-refractivity contribution >= 4 is 11.0 Å². The van der Waals surface area contributed by atoms with Gasteiger partial charge < -0.3 is 10.3 Å². The van der Waals surface area contributed by atoms with Gasteiger partial charge in [0.15, 0.2) is 0 Å². The highest BCUT2D eigenvalue weighted by molar-refractivity contribution is 5.81. The third-order valence-corrected chi connectivity index (χ3v) is 3.93. The predicted molar refractivity (Wildman–Crippen MR) is 81.3 cm³/mol. The molecule has 100 valence electrons. The Hall–Kier alpha value is -2.13. The molecule has 3 aromatic rings. The minimum Gasteiger partial charge on any atom is -0.326 e. The molecule has 4 rings (SSSR count). The number of hydrogen-bond donors (Lipinski definition) is 1. The lowest BCUT2D eigenvalue weighted by atomic mass is 10.1. The summed E-state index contributed by atoms with van der Waals surface area (Å²) in [4.78, 5) is 4.84. The van der Waals surface area contributed by atoms with E-state index in [-0.39, 0.29) is 0 Å². The van der Waals surface area contributed by atoms with Gasteiger partial charge >= 0.3 is 0 Å². The van der Waals surface area contributed by atoms with Crippen LogP contribution in [-0.4, -0.2) is 9.55 Å². The van der Waals surface area contributed by atoms with E-state index in [9.17, 15) is 0 Å². The molecule has 20 heavy (non-hydrogen) atoms. The highest BCUT2D eigenvalue weighted by atomic mass is 15.1. The lowest BCUT2D eigenvalue weighted by Crippen LogP contribution is -1.99. The Morgan fingerprint density at radius 1 is 1.10 bits per heavy atom. The van der Waals surface area contributed by atoms with Gasteiger partial charge in [-0.05, 0) is 36.6 Å². The van der Waals surface area contributed by atoms with Crippen molar-refractivity contribution in [2.24, 2.45) is 5.73 Å². The van der Waals surface area contributed by atoms with Crippen molar-refractivity contribution in [2.75, 3.05) is 0 Å². The number of nitrogens with zero attached hydrogens (tertiary/aromatic N) is 2. The summed E-state index contributed by atoms with van der Waals surface area (Å²) in [6.45, 7) is 0.567. The fourth-order valence-corrected chi connectivity index (χ4v) is 2.79. The SMILES string of the molecule is NCc1cccc(-c2nc3ccccc3n2C2CC2)c1. The maximum absolute atomic E-state index is 5.75. The van der Waals surface area contributed by atoms with E-state index < -0.39 is 0 Å². The molecule has 0 unspecified atom stereocenters.